The van der Waals surface area contributed by atoms with Gasteiger partial charge in [-0.25, -0.2) is 0 Å². The van der Waals surface area contributed by atoms with Crippen LogP contribution in [0, 0.1) is 0 Å². The maximum atomic E-state index is 11.2. The summed E-state index contributed by atoms with van der Waals surface area (Å²) in [7, 11) is 1.58. The van der Waals surface area contributed by atoms with Crippen LogP contribution in [0.1, 0.15) is 18.4 Å². The Morgan fingerprint density at radius 1 is 1.24 bits per heavy atom. The van der Waals surface area contributed by atoms with Gasteiger partial charge in [0.05, 0.1) is 7.11 Å². The molecule has 0 amide bonds. The summed E-state index contributed by atoms with van der Waals surface area (Å²) in [5.74, 6) is -0.702. The highest BCUT2D eigenvalue weighted by Crippen LogP contribution is 2.12. The zero-order valence-corrected chi connectivity index (χ0v) is 9.51. The molecule has 1 aromatic rings. The van der Waals surface area contributed by atoms with Gasteiger partial charge in [0.1, 0.15) is 5.75 Å². The molecule has 1 rings (SSSR count). The predicted molar refractivity (Wildman–Crippen MR) is 61.3 cm³/mol. The molecule has 0 heterocycles. The fraction of sp³-hybridized carbons (Fsp3) is 0.231. The number of aliphatic carboxylic acids is 1. The molecule has 0 bridgehead atoms. The minimum Gasteiger partial charge on any atom is -0.550 e. The lowest BCUT2D eigenvalue weighted by Crippen LogP contribution is -2.22. The van der Waals surface area contributed by atoms with Crippen molar-refractivity contribution in [2.75, 3.05) is 7.11 Å². The van der Waals surface area contributed by atoms with Gasteiger partial charge in [-0.3, -0.25) is 4.79 Å². The fourth-order valence-corrected chi connectivity index (χ4v) is 1.21. The van der Waals surface area contributed by atoms with E-state index in [9.17, 15) is 14.7 Å². The van der Waals surface area contributed by atoms with E-state index in [4.69, 9.17) is 4.74 Å². The lowest BCUT2D eigenvalue weighted by atomic mass is 10.1. The number of ketones is 1. The van der Waals surface area contributed by atoms with E-state index < -0.39 is 5.97 Å². The molecule has 0 aliphatic rings. The third-order valence-electron chi connectivity index (χ3n) is 2.15. The summed E-state index contributed by atoms with van der Waals surface area (Å²) in [6.45, 7) is 0. The molecule has 0 atom stereocenters. The SMILES string of the molecule is COc1ccc(/C=C/C(=O)CCC(=O)[O-])cc1. The zero-order valence-electron chi connectivity index (χ0n) is 9.51. The molecule has 0 radical (unpaired) electrons. The lowest BCUT2D eigenvalue weighted by Gasteiger charge is -1.99. The molecular formula is C13H13O4-. The Kier molecular flexibility index (Phi) is 4.94. The quantitative estimate of drug-likeness (QED) is 0.682. The smallest absolute Gasteiger partial charge is 0.156 e. The van der Waals surface area contributed by atoms with E-state index in [2.05, 4.69) is 0 Å². The highest BCUT2D eigenvalue weighted by Gasteiger charge is 1.97. The number of carboxylic acids is 1. The average Bonchev–Trinajstić information content (AvgIpc) is 2.34. The first-order valence-electron chi connectivity index (χ1n) is 5.16. The first-order chi connectivity index (χ1) is 8.11. The molecule has 0 aromatic heterocycles. The zero-order chi connectivity index (χ0) is 12.7. The van der Waals surface area contributed by atoms with Crippen molar-refractivity contribution in [2.24, 2.45) is 0 Å². The number of hydrogen-bond donors (Lipinski definition) is 0. The van der Waals surface area contributed by atoms with E-state index in [0.29, 0.717) is 0 Å². The van der Waals surface area contributed by atoms with Crippen molar-refractivity contribution in [1.82, 2.24) is 0 Å². The van der Waals surface area contributed by atoms with Crippen LogP contribution >= 0.6 is 0 Å². The van der Waals surface area contributed by atoms with Crippen LogP contribution in [0.15, 0.2) is 30.3 Å². The largest absolute Gasteiger partial charge is 0.550 e. The predicted octanol–water partition coefficient (Wildman–Crippen LogP) is 0.808. The molecule has 0 fully saturated rings. The number of methoxy groups -OCH3 is 1. The molecule has 4 heteroatoms. The van der Waals surface area contributed by atoms with E-state index in [1.54, 1.807) is 37.5 Å². The molecule has 0 N–H and O–H groups in total. The number of carbonyl (C=O) groups excluding carboxylic acids is 2. The maximum absolute atomic E-state index is 11.2. The summed E-state index contributed by atoms with van der Waals surface area (Å²) in [6, 6.07) is 7.18. The normalized spacial score (nSPS) is 10.4. The number of rotatable bonds is 6. The lowest BCUT2D eigenvalue weighted by molar-refractivity contribution is -0.305. The molecule has 4 nitrogen and oxygen atoms in total. The molecule has 0 unspecified atom stereocenters. The van der Waals surface area contributed by atoms with Gasteiger partial charge in [-0.2, -0.15) is 0 Å². The third kappa shape index (κ3) is 4.97. The van der Waals surface area contributed by atoms with Gasteiger partial charge >= 0.3 is 0 Å². The van der Waals surface area contributed by atoms with Crippen LogP contribution in [-0.4, -0.2) is 18.9 Å². The van der Waals surface area contributed by atoms with Crippen molar-refractivity contribution in [3.05, 3.63) is 35.9 Å². The van der Waals surface area contributed by atoms with Crippen molar-refractivity contribution in [3.63, 3.8) is 0 Å². The van der Waals surface area contributed by atoms with Crippen LogP contribution < -0.4 is 9.84 Å². The molecule has 0 spiro atoms. The van der Waals surface area contributed by atoms with Crippen LogP contribution in [0.2, 0.25) is 0 Å². The monoisotopic (exact) mass is 233 g/mol. The molecule has 0 aliphatic heterocycles. The van der Waals surface area contributed by atoms with Crippen LogP contribution in [0.25, 0.3) is 6.08 Å². The summed E-state index contributed by atoms with van der Waals surface area (Å²) < 4.78 is 5.00. The summed E-state index contributed by atoms with van der Waals surface area (Å²) in [6.07, 6.45) is 2.72. The van der Waals surface area contributed by atoms with Crippen molar-refractivity contribution in [2.45, 2.75) is 12.8 Å². The Hall–Kier alpha value is -2.10. The third-order valence-corrected chi connectivity index (χ3v) is 2.15. The van der Waals surface area contributed by atoms with Gasteiger partial charge in [0.15, 0.2) is 5.78 Å². The van der Waals surface area contributed by atoms with Gasteiger partial charge < -0.3 is 14.6 Å². The summed E-state index contributed by atoms with van der Waals surface area (Å²) in [4.78, 5) is 21.4. The van der Waals surface area contributed by atoms with Crippen molar-refractivity contribution < 1.29 is 19.4 Å². The first-order valence-corrected chi connectivity index (χ1v) is 5.16. The average molecular weight is 233 g/mol. The van der Waals surface area contributed by atoms with Gasteiger partial charge in [0.25, 0.3) is 0 Å². The molecule has 0 saturated heterocycles. The second kappa shape index (κ2) is 6.48. The Bertz CT molecular complexity index is 418. The van der Waals surface area contributed by atoms with E-state index in [1.165, 1.54) is 6.08 Å². The topological polar surface area (TPSA) is 66.4 Å². The number of benzene rings is 1. The second-order valence-electron chi connectivity index (χ2n) is 3.44. The van der Waals surface area contributed by atoms with Crippen LogP contribution in [0.5, 0.6) is 5.75 Å². The molecular weight excluding hydrogens is 220 g/mol. The molecule has 0 aliphatic carbocycles. The summed E-state index contributed by atoms with van der Waals surface area (Å²) >= 11 is 0. The highest BCUT2D eigenvalue weighted by molar-refractivity contribution is 5.94. The van der Waals surface area contributed by atoms with Gasteiger partial charge in [-0.1, -0.05) is 18.2 Å². The van der Waals surface area contributed by atoms with Crippen molar-refractivity contribution in [3.8, 4) is 5.75 Å². The van der Waals surface area contributed by atoms with Crippen molar-refractivity contribution in [1.29, 1.82) is 0 Å². The number of carboxylic acid groups (broad SMARTS) is 1. The van der Waals surface area contributed by atoms with Gasteiger partial charge in [0, 0.05) is 12.4 Å². The highest BCUT2D eigenvalue weighted by atomic mass is 16.5. The van der Waals surface area contributed by atoms with Crippen LogP contribution in [0.4, 0.5) is 0 Å². The number of carbonyl (C=O) groups is 2. The Morgan fingerprint density at radius 3 is 2.41 bits per heavy atom. The minimum absolute atomic E-state index is 0.0327. The van der Waals surface area contributed by atoms with Crippen LogP contribution in [0.3, 0.4) is 0 Å². The Balaban J connectivity index is 2.51. The Morgan fingerprint density at radius 2 is 1.88 bits per heavy atom. The van der Waals surface area contributed by atoms with Gasteiger partial charge in [0.2, 0.25) is 0 Å². The van der Waals surface area contributed by atoms with Gasteiger partial charge in [-0.15, -0.1) is 0 Å². The first kappa shape index (κ1) is 13.0. The minimum atomic E-state index is -1.21. The van der Waals surface area contributed by atoms with Gasteiger partial charge in [-0.05, 0) is 30.2 Å². The maximum Gasteiger partial charge on any atom is 0.156 e. The van der Waals surface area contributed by atoms with E-state index in [0.717, 1.165) is 11.3 Å². The second-order valence-corrected chi connectivity index (χ2v) is 3.44. The molecule has 1 aromatic carbocycles. The number of ether oxygens (including phenoxy) is 1. The standard InChI is InChI=1S/C13H14O4/c1-17-12-7-3-10(4-8-12)2-5-11(14)6-9-13(15)16/h2-5,7-8H,6,9H2,1H3,(H,15,16)/p-1/b5-2+. The molecule has 0 saturated carbocycles. The summed E-state index contributed by atoms with van der Waals surface area (Å²) in [5.41, 5.74) is 0.854. The van der Waals surface area contributed by atoms with E-state index in [1.807, 2.05) is 0 Å². The van der Waals surface area contributed by atoms with Crippen LogP contribution in [-0.2, 0) is 9.59 Å². The molecule has 17 heavy (non-hydrogen) atoms. The van der Waals surface area contributed by atoms with E-state index in [-0.39, 0.29) is 18.6 Å². The van der Waals surface area contributed by atoms with Crippen molar-refractivity contribution >= 4 is 17.8 Å². The Labute approximate surface area is 99.5 Å². The summed E-state index contributed by atoms with van der Waals surface area (Å²) in [5, 5.41) is 10.1. The molecule has 90 valence electrons. The van der Waals surface area contributed by atoms with E-state index >= 15 is 0 Å². The number of allylic oxidation sites excluding steroid dienone is 1. The fourth-order valence-electron chi connectivity index (χ4n) is 1.21. The number of hydrogen-bond acceptors (Lipinski definition) is 4.